The zero-order chi connectivity index (χ0) is 14.6. The van der Waals surface area contributed by atoms with Crippen LogP contribution in [0.15, 0.2) is 23.5 Å². The molecule has 0 aliphatic heterocycles. The van der Waals surface area contributed by atoms with E-state index in [-0.39, 0.29) is 0 Å². The van der Waals surface area contributed by atoms with Crippen LogP contribution >= 0.6 is 23.2 Å². The molecule has 106 valence electrons. The molecule has 0 aromatic carbocycles. The van der Waals surface area contributed by atoms with Gasteiger partial charge in [-0.3, -0.25) is 4.57 Å². The second kappa shape index (κ2) is 6.39. The van der Waals surface area contributed by atoms with Crippen LogP contribution in [0.3, 0.4) is 0 Å². The fourth-order valence-electron chi connectivity index (χ4n) is 0.669. The van der Waals surface area contributed by atoms with E-state index in [1.165, 1.54) is 6.08 Å². The fraction of sp³-hybridized carbons (Fsp3) is 0.333. The summed E-state index contributed by atoms with van der Waals surface area (Å²) in [6.07, 6.45) is 2.51. The first kappa shape index (κ1) is 17.9. The van der Waals surface area contributed by atoms with Crippen LogP contribution in [-0.4, -0.2) is 19.6 Å². The van der Waals surface area contributed by atoms with E-state index in [9.17, 15) is 13.7 Å². The zero-order valence-corrected chi connectivity index (χ0v) is 12.1. The van der Waals surface area contributed by atoms with E-state index >= 15 is 0 Å². The molecule has 0 rings (SSSR count). The minimum atomic E-state index is -5.35. The Kier molecular flexibility index (Phi) is 6.36. The van der Waals surface area contributed by atoms with Gasteiger partial charge < -0.3 is 19.6 Å². The Bertz CT molecular complexity index is 483. The average molecular weight is 322 g/mol. The molecule has 0 aromatic rings. The summed E-state index contributed by atoms with van der Waals surface area (Å²) >= 11 is 0. The molecule has 0 aliphatic rings. The zero-order valence-electron chi connectivity index (χ0n) is 9.40. The van der Waals surface area contributed by atoms with Gasteiger partial charge in [0.25, 0.3) is 0 Å². The van der Waals surface area contributed by atoms with Gasteiger partial charge in [0.05, 0.1) is 0 Å². The van der Waals surface area contributed by atoms with Gasteiger partial charge in [-0.05, 0) is 13.8 Å². The molecule has 12 heteroatoms. The molecule has 0 aliphatic carbocycles. The van der Waals surface area contributed by atoms with E-state index in [4.69, 9.17) is 19.6 Å². The molecule has 0 heterocycles. The lowest BCUT2D eigenvalue weighted by atomic mass is 10.3. The highest BCUT2D eigenvalue weighted by Gasteiger charge is 2.38. The predicted octanol–water partition coefficient (Wildman–Crippen LogP) is 1.88. The third kappa shape index (κ3) is 9.91. The molecule has 0 saturated carbocycles. The van der Waals surface area contributed by atoms with Crippen LogP contribution in [0, 0.1) is 0 Å². The third-order valence-corrected chi connectivity index (χ3v) is 5.12. The standard InChI is InChI=1S/C6H13O9P3/c1-6(2)4-3-5-16(7,8)14-18(12,13)15-17(9,10)11/h3-5H,1-2H3,(H,7,8)(H,12,13)(H2,9,10,11). The Morgan fingerprint density at radius 1 is 1.00 bits per heavy atom. The lowest BCUT2D eigenvalue weighted by Gasteiger charge is -2.13. The van der Waals surface area contributed by atoms with Gasteiger partial charge in [0.1, 0.15) is 0 Å². The number of hydrogen-bond donors (Lipinski definition) is 4. The maximum atomic E-state index is 11.2. The van der Waals surface area contributed by atoms with Gasteiger partial charge in [0.15, 0.2) is 0 Å². The van der Waals surface area contributed by atoms with E-state index in [2.05, 4.69) is 8.62 Å². The van der Waals surface area contributed by atoms with E-state index < -0.39 is 23.2 Å². The Balaban J connectivity index is 4.83. The highest BCUT2D eigenvalue weighted by Crippen LogP contribution is 2.66. The van der Waals surface area contributed by atoms with Crippen LogP contribution in [0.2, 0.25) is 0 Å². The van der Waals surface area contributed by atoms with Crippen molar-refractivity contribution in [2.75, 3.05) is 0 Å². The average Bonchev–Trinajstić information content (AvgIpc) is 1.93. The molecular weight excluding hydrogens is 309 g/mol. The van der Waals surface area contributed by atoms with E-state index in [1.807, 2.05) is 0 Å². The van der Waals surface area contributed by atoms with E-state index in [1.54, 1.807) is 13.8 Å². The van der Waals surface area contributed by atoms with Crippen LogP contribution in [0.1, 0.15) is 13.8 Å². The quantitative estimate of drug-likeness (QED) is 0.424. The van der Waals surface area contributed by atoms with Crippen LogP contribution < -0.4 is 0 Å². The van der Waals surface area contributed by atoms with Gasteiger partial charge in [-0.25, -0.2) is 13.4 Å². The van der Waals surface area contributed by atoms with Crippen molar-refractivity contribution in [2.24, 2.45) is 0 Å². The second-order valence-corrected chi connectivity index (χ2v) is 7.92. The molecular formula is C6H13O9P3. The molecule has 2 atom stereocenters. The van der Waals surface area contributed by atoms with Crippen LogP contribution in [0.25, 0.3) is 0 Å². The summed E-state index contributed by atoms with van der Waals surface area (Å²) in [5.41, 5.74) is 0.782. The fourth-order valence-corrected chi connectivity index (χ4v) is 3.84. The smallest absolute Gasteiger partial charge is 0.321 e. The first-order valence-corrected chi connectivity index (χ1v) is 8.96. The molecule has 0 amide bonds. The van der Waals surface area contributed by atoms with Gasteiger partial charge in [-0.15, -0.1) is 0 Å². The molecule has 0 bridgehead atoms. The minimum absolute atomic E-state index is 0.575. The topological polar surface area (TPSA) is 151 Å². The Morgan fingerprint density at radius 3 is 1.89 bits per heavy atom. The van der Waals surface area contributed by atoms with Crippen molar-refractivity contribution in [1.82, 2.24) is 0 Å². The summed E-state index contributed by atoms with van der Waals surface area (Å²) in [5.74, 6) is 0.575. The van der Waals surface area contributed by atoms with E-state index in [0.29, 0.717) is 5.82 Å². The van der Waals surface area contributed by atoms with Gasteiger partial charge in [0.2, 0.25) is 0 Å². The molecule has 0 radical (unpaired) electrons. The molecule has 9 nitrogen and oxygen atoms in total. The van der Waals surface area contributed by atoms with Gasteiger partial charge in [-0.2, -0.15) is 4.31 Å². The van der Waals surface area contributed by atoms with Gasteiger partial charge >= 0.3 is 23.2 Å². The molecule has 4 N–H and O–H groups in total. The van der Waals surface area contributed by atoms with Crippen molar-refractivity contribution in [3.05, 3.63) is 23.5 Å². The molecule has 2 unspecified atom stereocenters. The van der Waals surface area contributed by atoms with Crippen molar-refractivity contribution >= 4 is 23.2 Å². The number of phosphoric acid groups is 2. The summed E-state index contributed by atoms with van der Waals surface area (Å²) in [6, 6.07) is 0. The SMILES string of the molecule is CC(C)=CC=CP(=O)(O)OP(=O)(O)OP(=O)(O)O. The van der Waals surface area contributed by atoms with Crippen LogP contribution in [-0.2, 0) is 22.3 Å². The number of allylic oxidation sites excluding steroid dienone is 3. The predicted molar refractivity (Wildman–Crippen MR) is 62.4 cm³/mol. The van der Waals surface area contributed by atoms with Crippen molar-refractivity contribution in [2.45, 2.75) is 13.8 Å². The maximum absolute atomic E-state index is 11.2. The Morgan fingerprint density at radius 2 is 1.50 bits per heavy atom. The number of hydrogen-bond acceptors (Lipinski definition) is 5. The summed E-state index contributed by atoms with van der Waals surface area (Å²) in [4.78, 5) is 34.5. The normalized spacial score (nSPS) is 19.2. The second-order valence-electron chi connectivity index (χ2n) is 3.27. The highest BCUT2D eigenvalue weighted by molar-refractivity contribution is 7.69. The number of rotatable bonds is 6. The largest absolute Gasteiger partial charge is 0.488 e. The molecule has 0 saturated heterocycles. The third-order valence-electron chi connectivity index (χ3n) is 1.13. The molecule has 0 spiro atoms. The molecule has 0 fully saturated rings. The monoisotopic (exact) mass is 322 g/mol. The lowest BCUT2D eigenvalue weighted by Crippen LogP contribution is -1.91. The van der Waals surface area contributed by atoms with Crippen molar-refractivity contribution in [1.29, 1.82) is 0 Å². The van der Waals surface area contributed by atoms with Crippen LogP contribution in [0.5, 0.6) is 0 Å². The summed E-state index contributed by atoms with van der Waals surface area (Å²) in [7, 11) is -15.3. The first-order chi connectivity index (χ1) is 7.83. The summed E-state index contributed by atoms with van der Waals surface area (Å²) in [5, 5.41) is 0. The van der Waals surface area contributed by atoms with Crippen molar-refractivity contribution < 1.29 is 41.9 Å². The lowest BCUT2D eigenvalue weighted by molar-refractivity contribution is 0.224. The Hall–Kier alpha value is -0.0700. The highest BCUT2D eigenvalue weighted by atomic mass is 31.3. The Labute approximate surface area is 103 Å². The molecule has 0 aromatic heterocycles. The summed E-state index contributed by atoms with van der Waals surface area (Å²) in [6.45, 7) is 3.39. The van der Waals surface area contributed by atoms with Gasteiger partial charge in [0, 0.05) is 5.82 Å². The summed E-state index contributed by atoms with van der Waals surface area (Å²) < 4.78 is 39.7. The minimum Gasteiger partial charge on any atom is -0.321 e. The van der Waals surface area contributed by atoms with Crippen molar-refractivity contribution in [3.8, 4) is 0 Å². The van der Waals surface area contributed by atoms with Crippen molar-refractivity contribution in [3.63, 3.8) is 0 Å². The van der Waals surface area contributed by atoms with Crippen LogP contribution in [0.4, 0.5) is 0 Å². The maximum Gasteiger partial charge on any atom is 0.488 e. The van der Waals surface area contributed by atoms with Gasteiger partial charge in [-0.1, -0.05) is 17.7 Å². The molecule has 18 heavy (non-hydrogen) atoms. The first-order valence-electron chi connectivity index (χ1n) is 4.29. The van der Waals surface area contributed by atoms with E-state index in [0.717, 1.165) is 11.6 Å².